The van der Waals surface area contributed by atoms with Crippen molar-refractivity contribution < 1.29 is 4.42 Å². The molecule has 2 aromatic heterocycles. The molecule has 0 atom stereocenters. The van der Waals surface area contributed by atoms with Gasteiger partial charge in [0.1, 0.15) is 22.8 Å². The average Bonchev–Trinajstić information content (AvgIpc) is 3.85. The second kappa shape index (κ2) is 12.7. The molecule has 0 fully saturated rings. The molecule has 60 heavy (non-hydrogen) atoms. The minimum atomic E-state index is -0.615. The van der Waals surface area contributed by atoms with Crippen molar-refractivity contribution >= 4 is 98.5 Å². The second-order valence-electron chi connectivity index (χ2n) is 15.7. The van der Waals surface area contributed by atoms with Crippen molar-refractivity contribution in [3.63, 3.8) is 0 Å². The number of para-hydroxylation sites is 1. The molecule has 3 heterocycles. The lowest BCUT2D eigenvalue weighted by Gasteiger charge is -2.25. The number of hydrogen-bond acceptors (Lipinski definition) is 4. The van der Waals surface area contributed by atoms with Gasteiger partial charge in [-0.3, -0.25) is 0 Å². The van der Waals surface area contributed by atoms with E-state index in [0.717, 1.165) is 88.6 Å². The van der Waals surface area contributed by atoms with E-state index in [1.54, 1.807) is 0 Å². The van der Waals surface area contributed by atoms with Crippen LogP contribution in [0.25, 0.3) is 92.5 Å². The molecule has 13 rings (SSSR count). The summed E-state index contributed by atoms with van der Waals surface area (Å²) in [6, 6.07) is 69.2. The number of furan rings is 1. The maximum absolute atomic E-state index is 6.68. The molecule has 0 radical (unpaired) electrons. The molecule has 0 spiro atoms. The maximum atomic E-state index is 6.68. The zero-order chi connectivity index (χ0) is 39.3. The molecule has 1 aliphatic heterocycles. The Morgan fingerprint density at radius 2 is 0.950 bits per heavy atom. The number of amidine groups is 2. The molecule has 1 aliphatic rings. The Hall–Kier alpha value is -8.02. The second-order valence-corrected chi connectivity index (χ2v) is 15.7. The van der Waals surface area contributed by atoms with Crippen LogP contribution in [0.2, 0.25) is 0 Å². The third kappa shape index (κ3) is 4.87. The van der Waals surface area contributed by atoms with Gasteiger partial charge in [-0.05, 0) is 79.5 Å². The van der Waals surface area contributed by atoms with E-state index >= 15 is 0 Å². The van der Waals surface area contributed by atoms with Gasteiger partial charge in [-0.1, -0.05) is 158 Å². The molecule has 280 valence electrons. The lowest BCUT2D eigenvalue weighted by atomic mass is 9.99. The van der Waals surface area contributed by atoms with Crippen molar-refractivity contribution in [3.8, 4) is 5.69 Å². The predicted octanol–water partition coefficient (Wildman–Crippen LogP) is 13.8. The van der Waals surface area contributed by atoms with Crippen molar-refractivity contribution in [1.29, 1.82) is 0 Å². The third-order valence-electron chi connectivity index (χ3n) is 12.4. The molecule has 5 heteroatoms. The summed E-state index contributed by atoms with van der Waals surface area (Å²) in [7, 11) is 0. The maximum Gasteiger partial charge on any atom is 0.171 e. The van der Waals surface area contributed by atoms with Gasteiger partial charge < -0.3 is 14.3 Å². The normalized spacial score (nSPS) is 13.6. The highest BCUT2D eigenvalue weighted by atomic mass is 16.3. The summed E-state index contributed by atoms with van der Waals surface area (Å²) in [5.74, 6) is 1.55. The van der Waals surface area contributed by atoms with Gasteiger partial charge in [0, 0.05) is 32.8 Å². The van der Waals surface area contributed by atoms with E-state index in [2.05, 4.69) is 198 Å². The van der Waals surface area contributed by atoms with Gasteiger partial charge in [-0.2, -0.15) is 0 Å². The Balaban J connectivity index is 1.18. The number of aromatic nitrogens is 1. The van der Waals surface area contributed by atoms with E-state index in [1.165, 1.54) is 32.3 Å². The molecule has 0 bridgehead atoms. The smallest absolute Gasteiger partial charge is 0.171 e. The lowest BCUT2D eigenvalue weighted by molar-refractivity contribution is 0.668. The summed E-state index contributed by atoms with van der Waals surface area (Å²) in [5.41, 5.74) is 7.93. The SMILES string of the molecule is c1ccc2cc3c(cc2c1)c1c2ccccc2ccc1n3-c1c(C2N=C(c3cccc4ccccc34)NC(c3cccc4ccccc34)=N2)ccc2oc3ccccc3c12. The standard InChI is InChI=1S/C55H34N4O/c1-2-17-37-32-47-45(31-36(37)16-1)50-40-22-8-5-15-35(40)27-29-46(50)59(47)52-44(28-30-49-51(52)43-23-9-10-26-48(43)60-49)55-57-53(41-24-11-18-33-13-3-6-20-38(33)41)56-54(58-55)42-25-12-19-34-14-4-7-21-39(34)42/h1-32,55H,(H,56,57,58). The fourth-order valence-corrected chi connectivity index (χ4v) is 9.70. The highest BCUT2D eigenvalue weighted by Crippen LogP contribution is 2.45. The van der Waals surface area contributed by atoms with Crippen LogP contribution in [0.1, 0.15) is 22.9 Å². The summed E-state index contributed by atoms with van der Waals surface area (Å²) < 4.78 is 9.14. The molecular formula is C55H34N4O. The molecule has 10 aromatic carbocycles. The van der Waals surface area contributed by atoms with Crippen LogP contribution in [0.15, 0.2) is 209 Å². The van der Waals surface area contributed by atoms with Crippen LogP contribution in [0.5, 0.6) is 0 Å². The van der Waals surface area contributed by atoms with E-state index in [9.17, 15) is 0 Å². The van der Waals surface area contributed by atoms with Gasteiger partial charge in [-0.25, -0.2) is 9.98 Å². The van der Waals surface area contributed by atoms with Crippen LogP contribution in [0, 0.1) is 0 Å². The molecule has 0 amide bonds. The Labute approximate surface area is 344 Å². The topological polar surface area (TPSA) is 54.8 Å². The molecule has 5 nitrogen and oxygen atoms in total. The molecule has 0 unspecified atom stereocenters. The van der Waals surface area contributed by atoms with Gasteiger partial charge in [0.15, 0.2) is 6.17 Å². The first-order chi connectivity index (χ1) is 29.7. The number of aliphatic imine (C=N–C) groups is 2. The summed E-state index contributed by atoms with van der Waals surface area (Å²) in [4.78, 5) is 11.2. The summed E-state index contributed by atoms with van der Waals surface area (Å²) in [6.45, 7) is 0. The minimum Gasteiger partial charge on any atom is -0.456 e. The van der Waals surface area contributed by atoms with Crippen molar-refractivity contribution in [2.75, 3.05) is 0 Å². The summed E-state index contributed by atoms with van der Waals surface area (Å²) in [5, 5.41) is 17.6. The molecular weight excluding hydrogens is 733 g/mol. The Morgan fingerprint density at radius 3 is 1.63 bits per heavy atom. The Kier molecular flexibility index (Phi) is 7.01. The number of fused-ring (bicyclic) bond motifs is 11. The Morgan fingerprint density at radius 1 is 0.400 bits per heavy atom. The monoisotopic (exact) mass is 766 g/mol. The first-order valence-electron chi connectivity index (χ1n) is 20.4. The molecule has 0 aliphatic carbocycles. The quantitative estimate of drug-likeness (QED) is 0.194. The largest absolute Gasteiger partial charge is 0.456 e. The fraction of sp³-hybridized carbons (Fsp3) is 0.0182. The lowest BCUT2D eigenvalue weighted by Crippen LogP contribution is -2.36. The first-order valence-corrected chi connectivity index (χ1v) is 20.4. The van der Waals surface area contributed by atoms with E-state index in [0.29, 0.717) is 0 Å². The van der Waals surface area contributed by atoms with E-state index in [1.807, 2.05) is 6.07 Å². The number of nitrogens with zero attached hydrogens (tertiary/aromatic N) is 3. The molecule has 1 N–H and O–H groups in total. The predicted molar refractivity (Wildman–Crippen MR) is 250 cm³/mol. The van der Waals surface area contributed by atoms with Crippen LogP contribution in [-0.4, -0.2) is 16.2 Å². The van der Waals surface area contributed by atoms with Crippen LogP contribution in [0.3, 0.4) is 0 Å². The van der Waals surface area contributed by atoms with Crippen LogP contribution in [0.4, 0.5) is 0 Å². The number of benzene rings is 10. The zero-order valence-electron chi connectivity index (χ0n) is 32.3. The first kappa shape index (κ1) is 33.0. The van der Waals surface area contributed by atoms with Crippen molar-refractivity contribution in [1.82, 2.24) is 9.88 Å². The van der Waals surface area contributed by atoms with Crippen molar-refractivity contribution in [2.45, 2.75) is 6.17 Å². The van der Waals surface area contributed by atoms with Crippen molar-refractivity contribution in [2.24, 2.45) is 9.98 Å². The zero-order valence-corrected chi connectivity index (χ0v) is 32.3. The highest BCUT2D eigenvalue weighted by molar-refractivity contribution is 6.25. The number of nitrogens with one attached hydrogen (secondary N) is 1. The molecule has 0 saturated heterocycles. The van der Waals surface area contributed by atoms with Crippen LogP contribution >= 0.6 is 0 Å². The van der Waals surface area contributed by atoms with Crippen molar-refractivity contribution in [3.05, 3.63) is 211 Å². The molecule has 12 aromatic rings. The molecule has 0 saturated carbocycles. The highest BCUT2D eigenvalue weighted by Gasteiger charge is 2.29. The fourth-order valence-electron chi connectivity index (χ4n) is 9.70. The van der Waals surface area contributed by atoms with E-state index in [4.69, 9.17) is 14.4 Å². The summed E-state index contributed by atoms with van der Waals surface area (Å²) >= 11 is 0. The van der Waals surface area contributed by atoms with Gasteiger partial charge >= 0.3 is 0 Å². The summed E-state index contributed by atoms with van der Waals surface area (Å²) in [6.07, 6.45) is -0.615. The van der Waals surface area contributed by atoms with Gasteiger partial charge in [0.2, 0.25) is 0 Å². The number of rotatable bonds is 4. The minimum absolute atomic E-state index is 0.615. The Bertz CT molecular complexity index is 3720. The number of hydrogen-bond donors (Lipinski definition) is 1. The van der Waals surface area contributed by atoms with Gasteiger partial charge in [-0.15, -0.1) is 0 Å². The van der Waals surface area contributed by atoms with E-state index < -0.39 is 6.17 Å². The average molecular weight is 767 g/mol. The van der Waals surface area contributed by atoms with Crippen LogP contribution in [-0.2, 0) is 0 Å². The van der Waals surface area contributed by atoms with E-state index in [-0.39, 0.29) is 0 Å². The van der Waals surface area contributed by atoms with Gasteiger partial charge in [0.05, 0.1) is 22.1 Å². The van der Waals surface area contributed by atoms with Crippen LogP contribution < -0.4 is 5.32 Å². The van der Waals surface area contributed by atoms with Gasteiger partial charge in [0.25, 0.3) is 0 Å². The third-order valence-corrected chi connectivity index (χ3v) is 12.4.